The number of hydrogen-bond donors (Lipinski definition) is 2. The lowest BCUT2D eigenvalue weighted by atomic mass is 10.2. The van der Waals surface area contributed by atoms with Crippen molar-refractivity contribution in [2.24, 2.45) is 0 Å². The summed E-state index contributed by atoms with van der Waals surface area (Å²) in [4.78, 5) is 10.5. The van der Waals surface area contributed by atoms with Crippen molar-refractivity contribution in [3.05, 3.63) is 53.6 Å². The number of nitrogens with one attached hydrogen (secondary N) is 1. The molecule has 2 aromatic rings. The molecule has 2 rings (SSSR count). The molecule has 2 aromatic carbocycles. The molecule has 0 radical (unpaired) electrons. The van der Waals surface area contributed by atoms with Crippen molar-refractivity contribution >= 4 is 31.5 Å². The number of carbonyl (C=O) groups is 1. The summed E-state index contributed by atoms with van der Waals surface area (Å²) in [7, 11) is -7.32. The number of sulfone groups is 1. The van der Waals surface area contributed by atoms with Crippen LogP contribution in [0.2, 0.25) is 0 Å². The van der Waals surface area contributed by atoms with Crippen molar-refractivity contribution in [1.82, 2.24) is 0 Å². The monoisotopic (exact) mass is 413 g/mol. The Morgan fingerprint density at radius 1 is 1.11 bits per heavy atom. The van der Waals surface area contributed by atoms with Crippen LogP contribution >= 0.6 is 0 Å². The van der Waals surface area contributed by atoms with E-state index in [1.807, 2.05) is 0 Å². The van der Waals surface area contributed by atoms with Gasteiger partial charge < -0.3 is 9.84 Å². The van der Waals surface area contributed by atoms with Crippen LogP contribution in [0.4, 0.5) is 5.69 Å². The molecule has 0 bridgehead atoms. The molecule has 0 spiro atoms. The normalized spacial score (nSPS) is 11.8. The van der Waals surface area contributed by atoms with Crippen molar-refractivity contribution in [2.45, 2.75) is 17.6 Å². The number of hydrogen-bond acceptors (Lipinski definition) is 6. The van der Waals surface area contributed by atoms with E-state index in [1.165, 1.54) is 30.3 Å². The van der Waals surface area contributed by atoms with Crippen molar-refractivity contribution in [3.63, 3.8) is 0 Å². The lowest BCUT2D eigenvalue weighted by molar-refractivity contribution is -0.139. The fourth-order valence-electron chi connectivity index (χ4n) is 2.32. The second-order valence-corrected chi connectivity index (χ2v) is 9.77. The van der Waals surface area contributed by atoms with Gasteiger partial charge in [0, 0.05) is 6.26 Å². The van der Waals surface area contributed by atoms with Gasteiger partial charge in [0.15, 0.2) is 16.4 Å². The van der Waals surface area contributed by atoms with Gasteiger partial charge in [-0.1, -0.05) is 18.2 Å². The average molecular weight is 413 g/mol. The van der Waals surface area contributed by atoms with E-state index in [-0.39, 0.29) is 22.1 Å². The highest BCUT2D eigenvalue weighted by Crippen LogP contribution is 2.25. The van der Waals surface area contributed by atoms with Crippen LogP contribution in [0, 0.1) is 6.92 Å². The number of carboxylic acids is 1. The molecular formula is C17H19NO7S2. The van der Waals surface area contributed by atoms with Crippen molar-refractivity contribution in [1.29, 1.82) is 0 Å². The summed E-state index contributed by atoms with van der Waals surface area (Å²) in [6, 6.07) is 10.2. The molecule has 8 nitrogen and oxygen atoms in total. The average Bonchev–Trinajstić information content (AvgIpc) is 2.54. The first-order valence-corrected chi connectivity index (χ1v) is 11.3. The van der Waals surface area contributed by atoms with Crippen molar-refractivity contribution < 1.29 is 31.5 Å². The van der Waals surface area contributed by atoms with E-state index < -0.39 is 32.4 Å². The highest BCUT2D eigenvalue weighted by molar-refractivity contribution is 7.92. The molecule has 10 heteroatoms. The lowest BCUT2D eigenvalue weighted by Crippen LogP contribution is -2.16. The molecule has 0 saturated carbocycles. The smallest absolute Gasteiger partial charge is 0.341 e. The molecule has 0 amide bonds. The predicted octanol–water partition coefficient (Wildman–Crippen LogP) is 1.80. The van der Waals surface area contributed by atoms with Crippen molar-refractivity contribution in [3.8, 4) is 5.75 Å². The number of benzene rings is 2. The molecule has 0 atom stereocenters. The van der Waals surface area contributed by atoms with E-state index in [1.54, 1.807) is 19.1 Å². The summed E-state index contributed by atoms with van der Waals surface area (Å²) in [5.41, 5.74) is 0.956. The second-order valence-electron chi connectivity index (χ2n) is 5.94. The number of ether oxygens (including phenoxy) is 1. The van der Waals surface area contributed by atoms with Crippen LogP contribution in [-0.2, 0) is 30.4 Å². The van der Waals surface area contributed by atoms with Crippen LogP contribution in [0.25, 0.3) is 0 Å². The van der Waals surface area contributed by atoms with Gasteiger partial charge in [-0.25, -0.2) is 21.6 Å². The number of aryl methyl sites for hydroxylation is 1. The fraction of sp³-hybridized carbons (Fsp3) is 0.235. The molecule has 0 aliphatic carbocycles. The molecule has 146 valence electrons. The highest BCUT2D eigenvalue weighted by atomic mass is 32.2. The third-order valence-corrected chi connectivity index (χ3v) is 5.69. The van der Waals surface area contributed by atoms with Gasteiger partial charge in [-0.15, -0.1) is 0 Å². The molecule has 2 N–H and O–H groups in total. The molecule has 0 aliphatic rings. The van der Waals surface area contributed by atoms with Gasteiger partial charge in [-0.3, -0.25) is 4.72 Å². The first kappa shape index (κ1) is 20.7. The van der Waals surface area contributed by atoms with Crippen molar-refractivity contribution in [2.75, 3.05) is 17.6 Å². The Hall–Kier alpha value is -2.59. The summed E-state index contributed by atoms with van der Waals surface area (Å²) < 4.78 is 55.9. The summed E-state index contributed by atoms with van der Waals surface area (Å²) >= 11 is 0. The third-order valence-electron chi connectivity index (χ3n) is 3.49. The summed E-state index contributed by atoms with van der Waals surface area (Å²) in [6.07, 6.45) is 1.07. The maximum absolute atomic E-state index is 12.7. The van der Waals surface area contributed by atoms with Crippen LogP contribution in [0.5, 0.6) is 5.75 Å². The predicted molar refractivity (Wildman–Crippen MR) is 100 cm³/mol. The number of carboxylic acid groups (broad SMARTS) is 1. The molecule has 27 heavy (non-hydrogen) atoms. The standard InChI is InChI=1S/C17H19NO7S2/c1-12-9-14(7-8-16(12)25-10-17(19)20)27(23,24)18-15-6-4-3-5-13(15)11-26(2,21)22/h3-9,18H,10-11H2,1-2H3,(H,19,20). The third kappa shape index (κ3) is 5.97. The first-order valence-electron chi connectivity index (χ1n) is 7.71. The van der Waals surface area contributed by atoms with E-state index >= 15 is 0 Å². The van der Waals surface area contributed by atoms with E-state index in [9.17, 15) is 21.6 Å². The van der Waals surface area contributed by atoms with Gasteiger partial charge in [0.2, 0.25) is 0 Å². The van der Waals surface area contributed by atoms with Crippen LogP contribution in [-0.4, -0.2) is 40.8 Å². The number of rotatable bonds is 8. The Morgan fingerprint density at radius 2 is 1.78 bits per heavy atom. The first-order chi connectivity index (χ1) is 12.5. The maximum Gasteiger partial charge on any atom is 0.341 e. The Balaban J connectivity index is 2.30. The largest absolute Gasteiger partial charge is 0.482 e. The van der Waals surface area contributed by atoms with Gasteiger partial charge in [0.25, 0.3) is 10.0 Å². The van der Waals surface area contributed by atoms with E-state index in [4.69, 9.17) is 9.84 Å². The van der Waals surface area contributed by atoms with Gasteiger partial charge in [-0.05, 0) is 42.3 Å². The lowest BCUT2D eigenvalue weighted by Gasteiger charge is -2.14. The molecule has 0 unspecified atom stereocenters. The summed E-state index contributed by atoms with van der Waals surface area (Å²) in [6.45, 7) is 1.05. The number of sulfonamides is 1. The van der Waals surface area contributed by atoms with Gasteiger partial charge in [0.1, 0.15) is 5.75 Å². The van der Waals surface area contributed by atoms with Gasteiger partial charge in [-0.2, -0.15) is 0 Å². The van der Waals surface area contributed by atoms with E-state index in [2.05, 4.69) is 4.72 Å². The topological polar surface area (TPSA) is 127 Å². The number of para-hydroxylation sites is 1. The Morgan fingerprint density at radius 3 is 2.37 bits per heavy atom. The summed E-state index contributed by atoms with van der Waals surface area (Å²) in [5, 5.41) is 8.65. The van der Waals surface area contributed by atoms with Crippen LogP contribution in [0.1, 0.15) is 11.1 Å². The van der Waals surface area contributed by atoms with E-state index in [0.717, 1.165) is 6.26 Å². The van der Waals surface area contributed by atoms with Gasteiger partial charge >= 0.3 is 5.97 Å². The van der Waals surface area contributed by atoms with Crippen LogP contribution in [0.3, 0.4) is 0 Å². The Kier molecular flexibility index (Phi) is 6.11. The molecule has 0 aromatic heterocycles. The maximum atomic E-state index is 12.7. The minimum atomic E-state index is -3.98. The Labute approximate surface area is 157 Å². The quantitative estimate of drug-likeness (QED) is 0.675. The zero-order chi connectivity index (χ0) is 20.2. The molecule has 0 aliphatic heterocycles. The fourth-order valence-corrected chi connectivity index (χ4v) is 4.32. The second kappa shape index (κ2) is 7.97. The van der Waals surface area contributed by atoms with Crippen LogP contribution < -0.4 is 9.46 Å². The highest BCUT2D eigenvalue weighted by Gasteiger charge is 2.18. The molecular weight excluding hydrogens is 394 g/mol. The zero-order valence-corrected chi connectivity index (χ0v) is 16.3. The molecule has 0 fully saturated rings. The summed E-state index contributed by atoms with van der Waals surface area (Å²) in [5.74, 6) is -1.18. The number of anilines is 1. The number of aliphatic carboxylic acids is 1. The zero-order valence-electron chi connectivity index (χ0n) is 14.7. The van der Waals surface area contributed by atoms with Crippen LogP contribution in [0.15, 0.2) is 47.4 Å². The van der Waals surface area contributed by atoms with Gasteiger partial charge in [0.05, 0.1) is 16.3 Å². The van der Waals surface area contributed by atoms with E-state index in [0.29, 0.717) is 11.1 Å². The molecule has 0 saturated heterocycles. The minimum Gasteiger partial charge on any atom is -0.482 e. The minimum absolute atomic E-state index is 0.0585. The SMILES string of the molecule is Cc1cc(S(=O)(=O)Nc2ccccc2CS(C)(=O)=O)ccc1OCC(=O)O. The molecule has 0 heterocycles. The Bertz CT molecular complexity index is 1060.